The standard InChI is InChI=1S/C11H17BrN2OS/c1-2-5-14-6-3-11(15,4-7-14)9-10(12)13-8-16-9/h8,15H,2-7H2,1H3. The summed E-state index contributed by atoms with van der Waals surface area (Å²) in [6, 6.07) is 0. The van der Waals surface area contributed by atoms with Crippen LogP contribution in [0.3, 0.4) is 0 Å². The Morgan fingerprint density at radius 1 is 1.56 bits per heavy atom. The van der Waals surface area contributed by atoms with Gasteiger partial charge in [-0.2, -0.15) is 0 Å². The van der Waals surface area contributed by atoms with Crippen LogP contribution in [-0.4, -0.2) is 34.6 Å². The Hall–Kier alpha value is 0.0300. The third-order valence-corrected chi connectivity index (χ3v) is 5.05. The summed E-state index contributed by atoms with van der Waals surface area (Å²) in [5, 5.41) is 10.6. The number of aliphatic hydroxyl groups is 1. The first kappa shape index (κ1) is 12.5. The van der Waals surface area contributed by atoms with Crippen molar-refractivity contribution in [2.75, 3.05) is 19.6 Å². The molecule has 0 unspecified atom stereocenters. The van der Waals surface area contributed by atoms with Gasteiger partial charge in [0.15, 0.2) is 0 Å². The highest BCUT2D eigenvalue weighted by atomic mass is 79.9. The van der Waals surface area contributed by atoms with Crippen LogP contribution in [0.5, 0.6) is 0 Å². The summed E-state index contributed by atoms with van der Waals surface area (Å²) < 4.78 is 0.809. The van der Waals surface area contributed by atoms with Crippen LogP contribution in [0.4, 0.5) is 0 Å². The second-order valence-corrected chi connectivity index (χ2v) is 5.95. The van der Waals surface area contributed by atoms with E-state index in [4.69, 9.17) is 0 Å². The topological polar surface area (TPSA) is 36.4 Å². The van der Waals surface area contributed by atoms with Gasteiger partial charge in [0.25, 0.3) is 0 Å². The highest BCUT2D eigenvalue weighted by Gasteiger charge is 2.36. The van der Waals surface area contributed by atoms with Gasteiger partial charge in [0.2, 0.25) is 0 Å². The van der Waals surface area contributed by atoms with Crippen molar-refractivity contribution in [2.24, 2.45) is 0 Å². The summed E-state index contributed by atoms with van der Waals surface area (Å²) >= 11 is 4.95. The molecule has 1 saturated heterocycles. The lowest BCUT2D eigenvalue weighted by molar-refractivity contribution is -0.0235. The summed E-state index contributed by atoms with van der Waals surface area (Å²) in [5.41, 5.74) is 1.13. The maximum Gasteiger partial charge on any atom is 0.123 e. The molecule has 0 bridgehead atoms. The van der Waals surface area contributed by atoms with Crippen LogP contribution in [0.1, 0.15) is 31.1 Å². The number of nitrogens with zero attached hydrogens (tertiary/aromatic N) is 2. The highest BCUT2D eigenvalue weighted by Crippen LogP contribution is 2.38. The van der Waals surface area contributed by atoms with E-state index >= 15 is 0 Å². The SMILES string of the molecule is CCCN1CCC(O)(c2scnc2Br)CC1. The van der Waals surface area contributed by atoms with E-state index in [2.05, 4.69) is 32.7 Å². The number of rotatable bonds is 3. The van der Waals surface area contributed by atoms with Crippen LogP contribution in [0, 0.1) is 0 Å². The van der Waals surface area contributed by atoms with Crippen molar-refractivity contribution in [3.05, 3.63) is 15.0 Å². The van der Waals surface area contributed by atoms with E-state index in [1.54, 1.807) is 16.8 Å². The van der Waals surface area contributed by atoms with Crippen molar-refractivity contribution < 1.29 is 5.11 Å². The Morgan fingerprint density at radius 3 is 2.75 bits per heavy atom. The van der Waals surface area contributed by atoms with Crippen molar-refractivity contribution >= 4 is 27.3 Å². The largest absolute Gasteiger partial charge is 0.384 e. The molecule has 2 rings (SSSR count). The molecular formula is C11H17BrN2OS. The highest BCUT2D eigenvalue weighted by molar-refractivity contribution is 9.10. The molecule has 90 valence electrons. The Morgan fingerprint density at radius 2 is 2.25 bits per heavy atom. The second-order valence-electron chi connectivity index (χ2n) is 4.35. The van der Waals surface area contributed by atoms with E-state index in [1.807, 2.05) is 0 Å². The van der Waals surface area contributed by atoms with Gasteiger partial charge in [-0.15, -0.1) is 11.3 Å². The van der Waals surface area contributed by atoms with E-state index in [0.717, 1.165) is 42.0 Å². The summed E-state index contributed by atoms with van der Waals surface area (Å²) in [5.74, 6) is 0. The van der Waals surface area contributed by atoms with Crippen LogP contribution in [0.25, 0.3) is 0 Å². The fourth-order valence-electron chi connectivity index (χ4n) is 2.22. The molecule has 1 aliphatic rings. The number of piperidine rings is 1. The number of likely N-dealkylation sites (tertiary alicyclic amines) is 1. The summed E-state index contributed by atoms with van der Waals surface area (Å²) in [6.07, 6.45) is 2.81. The van der Waals surface area contributed by atoms with Gasteiger partial charge >= 0.3 is 0 Å². The average molecular weight is 305 g/mol. The van der Waals surface area contributed by atoms with Gasteiger partial charge in [-0.05, 0) is 41.7 Å². The first-order chi connectivity index (χ1) is 7.65. The van der Waals surface area contributed by atoms with Crippen LogP contribution >= 0.6 is 27.3 Å². The molecule has 5 heteroatoms. The molecule has 0 spiro atoms. The third kappa shape index (κ3) is 2.47. The van der Waals surface area contributed by atoms with Crippen LogP contribution in [-0.2, 0) is 5.60 Å². The zero-order valence-corrected chi connectivity index (χ0v) is 11.9. The van der Waals surface area contributed by atoms with Gasteiger partial charge < -0.3 is 10.0 Å². The first-order valence-corrected chi connectivity index (χ1v) is 7.37. The predicted molar refractivity (Wildman–Crippen MR) is 69.7 cm³/mol. The number of hydrogen-bond acceptors (Lipinski definition) is 4. The second kappa shape index (κ2) is 5.12. The predicted octanol–water partition coefficient (Wildman–Crippen LogP) is 2.60. The van der Waals surface area contributed by atoms with Crippen LogP contribution < -0.4 is 0 Å². The fourth-order valence-corrected chi connectivity index (χ4v) is 3.95. The third-order valence-electron chi connectivity index (χ3n) is 3.17. The van der Waals surface area contributed by atoms with Gasteiger partial charge in [-0.25, -0.2) is 4.98 Å². The lowest BCUT2D eigenvalue weighted by Gasteiger charge is -2.37. The average Bonchev–Trinajstić information content (AvgIpc) is 2.69. The molecule has 0 aromatic carbocycles. The van der Waals surface area contributed by atoms with Crippen molar-refractivity contribution in [2.45, 2.75) is 31.8 Å². The van der Waals surface area contributed by atoms with Crippen molar-refractivity contribution in [3.8, 4) is 0 Å². The van der Waals surface area contributed by atoms with Crippen molar-refractivity contribution in [1.29, 1.82) is 0 Å². The molecule has 1 aromatic heterocycles. The Kier molecular flexibility index (Phi) is 4.00. The number of thiazole rings is 1. The fraction of sp³-hybridized carbons (Fsp3) is 0.727. The molecule has 1 N–H and O–H groups in total. The minimum absolute atomic E-state index is 0.662. The smallest absolute Gasteiger partial charge is 0.123 e. The lowest BCUT2D eigenvalue weighted by Crippen LogP contribution is -2.42. The molecule has 0 saturated carbocycles. The molecule has 16 heavy (non-hydrogen) atoms. The minimum Gasteiger partial charge on any atom is -0.384 e. The number of aromatic nitrogens is 1. The normalized spacial score (nSPS) is 21.2. The molecule has 0 radical (unpaired) electrons. The molecule has 1 aliphatic heterocycles. The lowest BCUT2D eigenvalue weighted by atomic mass is 9.90. The number of halogens is 1. The Labute approximate surface area is 109 Å². The van der Waals surface area contributed by atoms with Gasteiger partial charge in [0.1, 0.15) is 10.2 Å². The zero-order valence-electron chi connectivity index (χ0n) is 9.45. The monoisotopic (exact) mass is 304 g/mol. The Balaban J connectivity index is 2.04. The summed E-state index contributed by atoms with van der Waals surface area (Å²) in [6.45, 7) is 5.30. The first-order valence-electron chi connectivity index (χ1n) is 5.70. The van der Waals surface area contributed by atoms with E-state index < -0.39 is 5.60 Å². The van der Waals surface area contributed by atoms with Gasteiger partial charge in [0.05, 0.1) is 10.4 Å². The molecule has 2 heterocycles. The summed E-state index contributed by atoms with van der Waals surface area (Å²) in [4.78, 5) is 7.56. The maximum atomic E-state index is 10.6. The van der Waals surface area contributed by atoms with Crippen LogP contribution in [0.2, 0.25) is 0 Å². The number of hydrogen-bond donors (Lipinski definition) is 1. The van der Waals surface area contributed by atoms with E-state index in [1.165, 1.54) is 6.42 Å². The molecule has 1 fully saturated rings. The molecule has 0 atom stereocenters. The summed E-state index contributed by atoms with van der Waals surface area (Å²) in [7, 11) is 0. The molecule has 1 aromatic rings. The maximum absolute atomic E-state index is 10.6. The Bertz CT molecular complexity index is 348. The van der Waals surface area contributed by atoms with Gasteiger partial charge in [0, 0.05) is 13.1 Å². The molecule has 3 nitrogen and oxygen atoms in total. The molecule has 0 amide bonds. The zero-order chi connectivity index (χ0) is 11.6. The van der Waals surface area contributed by atoms with E-state index in [9.17, 15) is 5.11 Å². The van der Waals surface area contributed by atoms with Crippen molar-refractivity contribution in [1.82, 2.24) is 9.88 Å². The molecule has 0 aliphatic carbocycles. The molecular weight excluding hydrogens is 288 g/mol. The van der Waals surface area contributed by atoms with Gasteiger partial charge in [-0.3, -0.25) is 0 Å². The van der Waals surface area contributed by atoms with Crippen LogP contribution in [0.15, 0.2) is 10.1 Å². The van der Waals surface area contributed by atoms with Crippen molar-refractivity contribution in [3.63, 3.8) is 0 Å². The quantitative estimate of drug-likeness (QED) is 0.932. The van der Waals surface area contributed by atoms with Gasteiger partial charge in [-0.1, -0.05) is 6.92 Å². The minimum atomic E-state index is -0.662. The van der Waals surface area contributed by atoms with E-state index in [-0.39, 0.29) is 0 Å². The van der Waals surface area contributed by atoms with E-state index in [0.29, 0.717) is 0 Å².